The number of ketones is 1. The summed E-state index contributed by atoms with van der Waals surface area (Å²) in [4.78, 5) is 13.1. The first-order chi connectivity index (χ1) is 12.1. The van der Waals surface area contributed by atoms with Crippen LogP contribution < -0.4 is 14.2 Å². The molecule has 0 spiro atoms. The van der Waals surface area contributed by atoms with Crippen molar-refractivity contribution in [2.24, 2.45) is 0 Å². The Labute approximate surface area is 147 Å². The molecule has 0 saturated carbocycles. The molecule has 0 bridgehead atoms. The largest absolute Gasteiger partial charge is 0.493 e. The third-order valence-corrected chi connectivity index (χ3v) is 3.81. The third kappa shape index (κ3) is 3.75. The van der Waals surface area contributed by atoms with Gasteiger partial charge < -0.3 is 23.7 Å². The van der Waals surface area contributed by atoms with Gasteiger partial charge in [0, 0.05) is 30.9 Å². The lowest BCUT2D eigenvalue weighted by Crippen LogP contribution is -2.12. The Kier molecular flexibility index (Phi) is 6.38. The van der Waals surface area contributed by atoms with Gasteiger partial charge in [-0.2, -0.15) is 0 Å². The van der Waals surface area contributed by atoms with Gasteiger partial charge in [-0.25, -0.2) is 0 Å². The molecule has 0 saturated heterocycles. The summed E-state index contributed by atoms with van der Waals surface area (Å²) in [5.41, 5.74) is 1.53. The average Bonchev–Trinajstić information content (AvgIpc) is 2.67. The molecule has 0 fully saturated rings. The number of methoxy groups -OCH3 is 5. The van der Waals surface area contributed by atoms with Crippen LogP contribution in [-0.2, 0) is 9.47 Å². The third-order valence-electron chi connectivity index (χ3n) is 3.81. The first-order valence-corrected chi connectivity index (χ1v) is 7.60. The lowest BCUT2D eigenvalue weighted by atomic mass is 9.97. The lowest BCUT2D eigenvalue weighted by Gasteiger charge is -2.18. The molecular formula is C19H22O6. The molecule has 0 aliphatic rings. The number of benzene rings is 2. The van der Waals surface area contributed by atoms with E-state index < -0.39 is 6.29 Å². The van der Waals surface area contributed by atoms with Crippen LogP contribution in [0.5, 0.6) is 17.2 Å². The van der Waals surface area contributed by atoms with Crippen molar-refractivity contribution >= 4 is 5.78 Å². The molecule has 0 radical (unpaired) electrons. The summed E-state index contributed by atoms with van der Waals surface area (Å²) in [6.45, 7) is 0. The van der Waals surface area contributed by atoms with Crippen LogP contribution in [0.3, 0.4) is 0 Å². The summed E-state index contributed by atoms with van der Waals surface area (Å²) in [5, 5.41) is 0. The van der Waals surface area contributed by atoms with Gasteiger partial charge >= 0.3 is 0 Å². The molecule has 25 heavy (non-hydrogen) atoms. The van der Waals surface area contributed by atoms with Crippen molar-refractivity contribution in [3.8, 4) is 17.2 Å². The monoisotopic (exact) mass is 346 g/mol. The van der Waals surface area contributed by atoms with E-state index in [1.54, 1.807) is 30.3 Å². The van der Waals surface area contributed by atoms with Gasteiger partial charge in [0.2, 0.25) is 5.75 Å². The molecule has 2 rings (SSSR count). The van der Waals surface area contributed by atoms with E-state index in [1.807, 2.05) is 6.07 Å². The first kappa shape index (κ1) is 18.8. The second-order valence-electron chi connectivity index (χ2n) is 5.13. The van der Waals surface area contributed by atoms with Crippen molar-refractivity contribution in [3.63, 3.8) is 0 Å². The fourth-order valence-electron chi connectivity index (χ4n) is 2.63. The van der Waals surface area contributed by atoms with Crippen molar-refractivity contribution in [1.29, 1.82) is 0 Å². The number of hydrogen-bond acceptors (Lipinski definition) is 6. The summed E-state index contributed by atoms with van der Waals surface area (Å²) in [5.74, 6) is 1.06. The van der Waals surface area contributed by atoms with Crippen LogP contribution in [0.1, 0.15) is 27.8 Å². The molecule has 6 heteroatoms. The maximum atomic E-state index is 13.1. The van der Waals surface area contributed by atoms with E-state index in [0.717, 1.165) is 0 Å². The zero-order chi connectivity index (χ0) is 18.4. The summed E-state index contributed by atoms with van der Waals surface area (Å²) in [6, 6.07) is 10.4. The fourth-order valence-corrected chi connectivity index (χ4v) is 2.63. The quantitative estimate of drug-likeness (QED) is 0.540. The van der Waals surface area contributed by atoms with Gasteiger partial charge in [0.25, 0.3) is 0 Å². The smallest absolute Gasteiger partial charge is 0.203 e. The topological polar surface area (TPSA) is 63.2 Å². The standard InChI is InChI=1S/C19H22O6/c1-21-15-10-12(11-16(22-2)18(15)23-3)17(20)13-8-6-7-9-14(13)19(24-4)25-5/h6-11,19H,1-5H3. The molecule has 0 aliphatic heterocycles. The highest BCUT2D eigenvalue weighted by molar-refractivity contribution is 6.10. The second kappa shape index (κ2) is 8.50. The van der Waals surface area contributed by atoms with Crippen LogP contribution in [0.25, 0.3) is 0 Å². The Balaban J connectivity index is 2.55. The van der Waals surface area contributed by atoms with Crippen molar-refractivity contribution in [2.45, 2.75) is 6.29 Å². The zero-order valence-corrected chi connectivity index (χ0v) is 15.0. The predicted molar refractivity (Wildman–Crippen MR) is 92.7 cm³/mol. The lowest BCUT2D eigenvalue weighted by molar-refractivity contribution is -0.106. The van der Waals surface area contributed by atoms with E-state index in [-0.39, 0.29) is 5.78 Å². The molecule has 0 atom stereocenters. The number of ether oxygens (including phenoxy) is 5. The SMILES string of the molecule is COc1cc(C(=O)c2ccccc2C(OC)OC)cc(OC)c1OC. The number of carbonyl (C=O) groups is 1. The highest BCUT2D eigenvalue weighted by atomic mass is 16.7. The van der Waals surface area contributed by atoms with Crippen molar-refractivity contribution in [1.82, 2.24) is 0 Å². The van der Waals surface area contributed by atoms with Gasteiger partial charge in [0.1, 0.15) is 0 Å². The molecule has 0 unspecified atom stereocenters. The Morgan fingerprint density at radius 2 is 1.40 bits per heavy atom. The molecule has 0 heterocycles. The Hall–Kier alpha value is -2.57. The van der Waals surface area contributed by atoms with Crippen LogP contribution in [0.4, 0.5) is 0 Å². The molecule has 2 aromatic rings. The van der Waals surface area contributed by atoms with Gasteiger partial charge in [-0.15, -0.1) is 0 Å². The van der Waals surface area contributed by atoms with E-state index >= 15 is 0 Å². The molecule has 0 aliphatic carbocycles. The van der Waals surface area contributed by atoms with Crippen LogP contribution in [-0.4, -0.2) is 41.3 Å². The van der Waals surface area contributed by atoms with Crippen LogP contribution >= 0.6 is 0 Å². The molecule has 0 N–H and O–H groups in total. The highest BCUT2D eigenvalue weighted by Gasteiger charge is 2.22. The maximum absolute atomic E-state index is 13.1. The van der Waals surface area contributed by atoms with Gasteiger partial charge in [-0.1, -0.05) is 24.3 Å². The highest BCUT2D eigenvalue weighted by Crippen LogP contribution is 2.39. The molecule has 2 aromatic carbocycles. The van der Waals surface area contributed by atoms with E-state index in [1.165, 1.54) is 35.5 Å². The van der Waals surface area contributed by atoms with Crippen LogP contribution in [0.2, 0.25) is 0 Å². The van der Waals surface area contributed by atoms with Crippen LogP contribution in [0, 0.1) is 0 Å². The van der Waals surface area contributed by atoms with Crippen molar-refractivity contribution in [2.75, 3.05) is 35.5 Å². The molecular weight excluding hydrogens is 324 g/mol. The number of hydrogen-bond donors (Lipinski definition) is 0. The van der Waals surface area contributed by atoms with E-state index in [0.29, 0.717) is 33.9 Å². The number of carbonyl (C=O) groups excluding carboxylic acids is 1. The molecule has 0 amide bonds. The molecule has 0 aromatic heterocycles. The van der Waals surface area contributed by atoms with E-state index in [9.17, 15) is 4.79 Å². The summed E-state index contributed by atoms with van der Waals surface area (Å²) in [7, 11) is 7.57. The van der Waals surface area contributed by atoms with Gasteiger partial charge in [0.15, 0.2) is 23.6 Å². The number of rotatable bonds is 8. The summed E-state index contributed by atoms with van der Waals surface area (Å²) < 4.78 is 26.5. The first-order valence-electron chi connectivity index (χ1n) is 7.60. The Morgan fingerprint density at radius 3 is 1.88 bits per heavy atom. The Bertz CT molecular complexity index is 711. The Morgan fingerprint density at radius 1 is 0.840 bits per heavy atom. The zero-order valence-electron chi connectivity index (χ0n) is 15.0. The minimum atomic E-state index is -0.637. The van der Waals surface area contributed by atoms with E-state index in [2.05, 4.69) is 0 Å². The fraction of sp³-hybridized carbons (Fsp3) is 0.316. The predicted octanol–water partition coefficient (Wildman–Crippen LogP) is 3.23. The van der Waals surface area contributed by atoms with Crippen molar-refractivity contribution < 1.29 is 28.5 Å². The minimum absolute atomic E-state index is 0.200. The maximum Gasteiger partial charge on any atom is 0.203 e. The van der Waals surface area contributed by atoms with Gasteiger partial charge in [-0.05, 0) is 12.1 Å². The van der Waals surface area contributed by atoms with Crippen LogP contribution in [0.15, 0.2) is 36.4 Å². The second-order valence-corrected chi connectivity index (χ2v) is 5.13. The van der Waals surface area contributed by atoms with Gasteiger partial charge in [-0.3, -0.25) is 4.79 Å². The average molecular weight is 346 g/mol. The molecule has 6 nitrogen and oxygen atoms in total. The summed E-state index contributed by atoms with van der Waals surface area (Å²) in [6.07, 6.45) is -0.637. The van der Waals surface area contributed by atoms with Crippen molar-refractivity contribution in [3.05, 3.63) is 53.1 Å². The minimum Gasteiger partial charge on any atom is -0.493 e. The van der Waals surface area contributed by atoms with E-state index in [4.69, 9.17) is 23.7 Å². The molecule has 134 valence electrons. The summed E-state index contributed by atoms with van der Waals surface area (Å²) >= 11 is 0. The van der Waals surface area contributed by atoms with Gasteiger partial charge in [0.05, 0.1) is 21.3 Å². The normalized spacial score (nSPS) is 10.6.